The van der Waals surface area contributed by atoms with Crippen LogP contribution in [0.5, 0.6) is 0 Å². The summed E-state index contributed by atoms with van der Waals surface area (Å²) < 4.78 is 37.8. The lowest BCUT2D eigenvalue weighted by Crippen LogP contribution is -2.40. The van der Waals surface area contributed by atoms with Gasteiger partial charge in [-0.25, -0.2) is 13.1 Å². The first-order valence-electron chi connectivity index (χ1n) is 8.17. The topological polar surface area (TPSA) is 81.7 Å². The SMILES string of the molecule is Cc1ccc(S(=O)(=O)NC(=O)[C@H](C)OC[C@@H]2CCCCO2)c(C)c1. The highest BCUT2D eigenvalue weighted by Crippen LogP contribution is 2.17. The molecule has 1 aromatic carbocycles. The van der Waals surface area contributed by atoms with Gasteiger partial charge in [-0.1, -0.05) is 17.7 Å². The van der Waals surface area contributed by atoms with Crippen LogP contribution < -0.4 is 4.72 Å². The summed E-state index contributed by atoms with van der Waals surface area (Å²) in [6.07, 6.45) is 2.13. The van der Waals surface area contributed by atoms with E-state index in [9.17, 15) is 13.2 Å². The second-order valence-electron chi connectivity index (χ2n) is 6.20. The predicted molar refractivity (Wildman–Crippen MR) is 90.2 cm³/mol. The van der Waals surface area contributed by atoms with Gasteiger partial charge in [0.15, 0.2) is 0 Å². The highest BCUT2D eigenvalue weighted by molar-refractivity contribution is 7.90. The van der Waals surface area contributed by atoms with Crippen LogP contribution in [-0.4, -0.2) is 39.7 Å². The van der Waals surface area contributed by atoms with E-state index >= 15 is 0 Å². The Morgan fingerprint density at radius 2 is 2.12 bits per heavy atom. The zero-order chi connectivity index (χ0) is 17.7. The maximum Gasteiger partial charge on any atom is 0.264 e. The van der Waals surface area contributed by atoms with Crippen molar-refractivity contribution in [3.8, 4) is 0 Å². The van der Waals surface area contributed by atoms with Gasteiger partial charge < -0.3 is 9.47 Å². The lowest BCUT2D eigenvalue weighted by molar-refractivity contribution is -0.133. The molecule has 0 aromatic heterocycles. The number of hydrogen-bond acceptors (Lipinski definition) is 5. The minimum absolute atomic E-state index is 0.0232. The predicted octanol–water partition coefficient (Wildman–Crippen LogP) is 2.08. The zero-order valence-corrected chi connectivity index (χ0v) is 15.2. The average molecular weight is 355 g/mol. The molecule has 7 heteroatoms. The van der Waals surface area contributed by atoms with Crippen LogP contribution in [-0.2, 0) is 24.3 Å². The minimum Gasteiger partial charge on any atom is -0.376 e. The maximum absolute atomic E-state index is 12.4. The lowest BCUT2D eigenvalue weighted by atomic mass is 10.1. The molecule has 0 radical (unpaired) electrons. The van der Waals surface area contributed by atoms with Crippen LogP contribution in [0.2, 0.25) is 0 Å². The highest BCUT2D eigenvalue weighted by Gasteiger charge is 2.24. The van der Waals surface area contributed by atoms with Crippen molar-refractivity contribution >= 4 is 15.9 Å². The molecule has 1 saturated heterocycles. The quantitative estimate of drug-likeness (QED) is 0.845. The summed E-state index contributed by atoms with van der Waals surface area (Å²) in [5.74, 6) is -0.675. The Morgan fingerprint density at radius 1 is 1.38 bits per heavy atom. The van der Waals surface area contributed by atoms with Gasteiger partial charge in [-0.15, -0.1) is 0 Å². The summed E-state index contributed by atoms with van der Waals surface area (Å²) >= 11 is 0. The second-order valence-corrected chi connectivity index (χ2v) is 7.85. The van der Waals surface area contributed by atoms with Gasteiger partial charge in [-0.05, 0) is 51.7 Å². The number of aryl methyl sites for hydroxylation is 2. The number of ether oxygens (including phenoxy) is 2. The van der Waals surface area contributed by atoms with Crippen molar-refractivity contribution < 1.29 is 22.7 Å². The number of rotatable bonds is 6. The van der Waals surface area contributed by atoms with E-state index in [0.29, 0.717) is 12.2 Å². The summed E-state index contributed by atoms with van der Waals surface area (Å²) in [5.41, 5.74) is 1.56. The Balaban J connectivity index is 1.94. The summed E-state index contributed by atoms with van der Waals surface area (Å²) in [5, 5.41) is 0. The number of carbonyl (C=O) groups is 1. The fraction of sp³-hybridized carbons (Fsp3) is 0.588. The van der Waals surface area contributed by atoms with Gasteiger partial charge in [0.05, 0.1) is 17.6 Å². The van der Waals surface area contributed by atoms with Crippen LogP contribution in [0.3, 0.4) is 0 Å². The Labute approximate surface area is 143 Å². The molecule has 24 heavy (non-hydrogen) atoms. The van der Waals surface area contributed by atoms with E-state index in [1.165, 1.54) is 13.0 Å². The number of nitrogens with one attached hydrogen (secondary N) is 1. The first-order chi connectivity index (χ1) is 11.3. The van der Waals surface area contributed by atoms with Gasteiger partial charge in [0.25, 0.3) is 15.9 Å². The Morgan fingerprint density at radius 3 is 2.75 bits per heavy atom. The Kier molecular flexibility index (Phi) is 6.37. The Bertz CT molecular complexity index is 680. The Hall–Kier alpha value is -1.44. The molecule has 1 aliphatic heterocycles. The number of benzene rings is 1. The number of sulfonamides is 1. The number of hydrogen-bond donors (Lipinski definition) is 1. The van der Waals surface area contributed by atoms with Crippen LogP contribution in [0.25, 0.3) is 0 Å². The average Bonchev–Trinajstić information content (AvgIpc) is 2.52. The van der Waals surface area contributed by atoms with Crippen molar-refractivity contribution in [1.29, 1.82) is 0 Å². The summed E-state index contributed by atoms with van der Waals surface area (Å²) in [7, 11) is -3.91. The van der Waals surface area contributed by atoms with E-state index in [1.807, 2.05) is 6.92 Å². The van der Waals surface area contributed by atoms with Crippen LogP contribution in [0.4, 0.5) is 0 Å². The van der Waals surface area contributed by atoms with Crippen molar-refractivity contribution in [2.24, 2.45) is 0 Å². The molecule has 6 nitrogen and oxygen atoms in total. The molecule has 1 amide bonds. The molecule has 0 bridgehead atoms. The van der Waals surface area contributed by atoms with Gasteiger partial charge in [-0.2, -0.15) is 0 Å². The van der Waals surface area contributed by atoms with E-state index in [0.717, 1.165) is 24.8 Å². The molecule has 0 spiro atoms. The van der Waals surface area contributed by atoms with Gasteiger partial charge >= 0.3 is 0 Å². The molecular formula is C17H25NO5S. The lowest BCUT2D eigenvalue weighted by Gasteiger charge is -2.23. The first kappa shape index (κ1) is 18.9. The fourth-order valence-electron chi connectivity index (χ4n) is 2.64. The van der Waals surface area contributed by atoms with Gasteiger partial charge in [-0.3, -0.25) is 4.79 Å². The van der Waals surface area contributed by atoms with E-state index < -0.39 is 22.0 Å². The van der Waals surface area contributed by atoms with Crippen LogP contribution in [0, 0.1) is 13.8 Å². The van der Waals surface area contributed by atoms with Crippen LogP contribution in [0.15, 0.2) is 23.1 Å². The molecule has 1 aliphatic rings. The molecule has 0 saturated carbocycles. The molecule has 1 N–H and O–H groups in total. The van der Waals surface area contributed by atoms with Crippen molar-refractivity contribution in [2.45, 2.75) is 57.1 Å². The molecule has 2 atom stereocenters. The second kappa shape index (κ2) is 8.09. The monoisotopic (exact) mass is 355 g/mol. The summed E-state index contributed by atoms with van der Waals surface area (Å²) in [4.78, 5) is 12.2. The molecule has 2 rings (SSSR count). The van der Waals surface area contributed by atoms with Crippen LogP contribution >= 0.6 is 0 Å². The molecule has 1 fully saturated rings. The molecular weight excluding hydrogens is 330 g/mol. The third-order valence-corrected chi connectivity index (χ3v) is 5.54. The van der Waals surface area contributed by atoms with Crippen molar-refractivity contribution in [1.82, 2.24) is 4.72 Å². The van der Waals surface area contributed by atoms with Crippen molar-refractivity contribution in [2.75, 3.05) is 13.2 Å². The number of amides is 1. The van der Waals surface area contributed by atoms with Crippen molar-refractivity contribution in [3.05, 3.63) is 29.3 Å². The fourth-order valence-corrected chi connectivity index (χ4v) is 3.91. The molecule has 1 aromatic rings. The third-order valence-electron chi connectivity index (χ3n) is 4.03. The smallest absolute Gasteiger partial charge is 0.264 e. The maximum atomic E-state index is 12.4. The number of carbonyl (C=O) groups excluding carboxylic acids is 1. The van der Waals surface area contributed by atoms with Crippen LogP contribution in [0.1, 0.15) is 37.3 Å². The van der Waals surface area contributed by atoms with E-state index in [2.05, 4.69) is 4.72 Å². The largest absolute Gasteiger partial charge is 0.376 e. The molecule has 1 heterocycles. The van der Waals surface area contributed by atoms with Gasteiger partial charge in [0.2, 0.25) is 0 Å². The standard InChI is InChI=1S/C17H25NO5S/c1-12-7-8-16(13(2)10-12)24(20,21)18-17(19)14(3)23-11-15-6-4-5-9-22-15/h7-8,10,14-15H,4-6,9,11H2,1-3H3,(H,18,19)/t14-,15-/m0/s1. The molecule has 0 unspecified atom stereocenters. The van der Waals surface area contributed by atoms with E-state index in [-0.39, 0.29) is 17.6 Å². The van der Waals surface area contributed by atoms with E-state index in [4.69, 9.17) is 9.47 Å². The molecule has 134 valence electrons. The first-order valence-corrected chi connectivity index (χ1v) is 9.65. The highest BCUT2D eigenvalue weighted by atomic mass is 32.2. The zero-order valence-electron chi connectivity index (χ0n) is 14.4. The van der Waals surface area contributed by atoms with E-state index in [1.54, 1.807) is 19.1 Å². The van der Waals surface area contributed by atoms with Gasteiger partial charge in [0.1, 0.15) is 6.10 Å². The van der Waals surface area contributed by atoms with Crippen molar-refractivity contribution in [3.63, 3.8) is 0 Å². The normalized spacial score (nSPS) is 19.7. The molecule has 0 aliphatic carbocycles. The van der Waals surface area contributed by atoms with Gasteiger partial charge in [0, 0.05) is 6.61 Å². The third kappa shape index (κ3) is 5.03. The minimum atomic E-state index is -3.91. The summed E-state index contributed by atoms with van der Waals surface area (Å²) in [6.45, 7) is 6.11. The summed E-state index contributed by atoms with van der Waals surface area (Å²) in [6, 6.07) is 4.97.